The summed E-state index contributed by atoms with van der Waals surface area (Å²) in [6.07, 6.45) is 0. The number of aromatic nitrogens is 2. The lowest BCUT2D eigenvalue weighted by molar-refractivity contribution is -0.384. The van der Waals surface area contributed by atoms with Gasteiger partial charge in [-0.15, -0.1) is 10.2 Å². The molecule has 0 aliphatic carbocycles. The van der Waals surface area contributed by atoms with Gasteiger partial charge in [-0.25, -0.2) is 4.68 Å². The van der Waals surface area contributed by atoms with Crippen molar-refractivity contribution < 1.29 is 17.9 Å². The minimum absolute atomic E-state index is 0.0132. The van der Waals surface area contributed by atoms with Crippen LogP contribution < -0.4 is 9.92 Å². The van der Waals surface area contributed by atoms with Gasteiger partial charge >= 0.3 is 11.4 Å². The molecule has 144 valence electrons. The molecular formula is C16H14N6O5S. The van der Waals surface area contributed by atoms with Crippen LogP contribution in [0, 0.1) is 17.0 Å². The number of benzene rings is 2. The van der Waals surface area contributed by atoms with Gasteiger partial charge in [-0.3, -0.25) is 14.7 Å². The van der Waals surface area contributed by atoms with Gasteiger partial charge in [0.2, 0.25) is 0 Å². The highest BCUT2D eigenvalue weighted by Gasteiger charge is 2.16. The first-order valence-corrected chi connectivity index (χ1v) is 8.80. The van der Waals surface area contributed by atoms with Gasteiger partial charge in [0.1, 0.15) is 5.69 Å². The fraction of sp³-hybridized carbons (Fsp3) is 0.0625. The molecule has 1 aromatic heterocycles. The first-order chi connectivity index (χ1) is 13.4. The second-order valence-corrected chi connectivity index (χ2v) is 6.08. The predicted molar refractivity (Wildman–Crippen MR) is 101 cm³/mol. The summed E-state index contributed by atoms with van der Waals surface area (Å²) in [5.74, 6) is -0.0342. The van der Waals surface area contributed by atoms with Crippen LogP contribution in [-0.4, -0.2) is 23.5 Å². The number of rotatable bonds is 6. The van der Waals surface area contributed by atoms with Crippen LogP contribution in [0.3, 0.4) is 0 Å². The van der Waals surface area contributed by atoms with Gasteiger partial charge in [-0.05, 0) is 25.1 Å². The van der Waals surface area contributed by atoms with E-state index in [1.165, 1.54) is 16.8 Å². The largest absolute Gasteiger partial charge is 0.382 e. The molecule has 0 fully saturated rings. The second-order valence-electron chi connectivity index (χ2n) is 5.48. The Morgan fingerprint density at radius 2 is 1.96 bits per heavy atom. The average Bonchev–Trinajstić information content (AvgIpc) is 2.95. The lowest BCUT2D eigenvalue weighted by atomic mass is 10.2. The zero-order valence-electron chi connectivity index (χ0n) is 14.4. The Labute approximate surface area is 161 Å². The number of para-hydroxylation sites is 1. The zero-order valence-corrected chi connectivity index (χ0v) is 15.2. The smallest absolute Gasteiger partial charge is 0.357 e. The fourth-order valence-electron chi connectivity index (χ4n) is 2.37. The van der Waals surface area contributed by atoms with Crippen LogP contribution >= 0.6 is 0 Å². The van der Waals surface area contributed by atoms with Gasteiger partial charge in [0.15, 0.2) is 17.3 Å². The maximum Gasteiger partial charge on any atom is 0.357 e. The van der Waals surface area contributed by atoms with Crippen molar-refractivity contribution in [3.8, 4) is 11.4 Å². The minimum atomic E-state index is -2.69. The van der Waals surface area contributed by atoms with Crippen molar-refractivity contribution in [3.05, 3.63) is 64.3 Å². The number of nitro groups is 1. The van der Waals surface area contributed by atoms with Crippen LogP contribution in [-0.2, 0) is 11.4 Å². The first-order valence-electron chi connectivity index (χ1n) is 7.76. The summed E-state index contributed by atoms with van der Waals surface area (Å²) >= 11 is -2.69. The van der Waals surface area contributed by atoms with Gasteiger partial charge in [0.05, 0.1) is 22.4 Å². The van der Waals surface area contributed by atoms with Crippen molar-refractivity contribution in [1.29, 1.82) is 0 Å². The van der Waals surface area contributed by atoms with E-state index in [1.54, 1.807) is 6.92 Å². The second kappa shape index (κ2) is 7.94. The summed E-state index contributed by atoms with van der Waals surface area (Å²) in [7, 11) is 0. The minimum Gasteiger partial charge on any atom is -0.382 e. The maximum atomic E-state index is 11.0. The molecule has 0 aliphatic heterocycles. The van der Waals surface area contributed by atoms with Crippen molar-refractivity contribution in [3.63, 3.8) is 0 Å². The third-order valence-electron chi connectivity index (χ3n) is 3.64. The quantitative estimate of drug-likeness (QED) is 0.276. The van der Waals surface area contributed by atoms with Crippen molar-refractivity contribution in [1.82, 2.24) is 9.78 Å². The number of nitro benzene ring substituents is 1. The number of nitrogens with two attached hydrogens (primary N) is 1. The normalized spacial score (nSPS) is 12.2. The van der Waals surface area contributed by atoms with Gasteiger partial charge in [0, 0.05) is 6.07 Å². The molecule has 3 rings (SSSR count). The molecular weight excluding hydrogens is 388 g/mol. The summed E-state index contributed by atoms with van der Waals surface area (Å²) in [5.41, 5.74) is 7.33. The SMILES string of the molecule is Cc1nn(-c2ccccc2)c(N)c1N=Nc1ccc([N+](=O)[O-])cc1OS(=O)O. The van der Waals surface area contributed by atoms with Crippen LogP contribution in [0.5, 0.6) is 5.75 Å². The topological polar surface area (TPSA) is 158 Å². The Balaban J connectivity index is 1.99. The summed E-state index contributed by atoms with van der Waals surface area (Å²) in [6, 6.07) is 12.6. The molecule has 0 amide bonds. The number of anilines is 1. The van der Waals surface area contributed by atoms with Gasteiger partial charge in [-0.1, -0.05) is 18.2 Å². The van der Waals surface area contributed by atoms with E-state index in [9.17, 15) is 14.3 Å². The molecule has 0 radical (unpaired) electrons. The molecule has 0 aliphatic rings. The Kier molecular flexibility index (Phi) is 5.42. The monoisotopic (exact) mass is 402 g/mol. The highest BCUT2D eigenvalue weighted by molar-refractivity contribution is 7.74. The molecule has 0 bridgehead atoms. The molecule has 28 heavy (non-hydrogen) atoms. The third-order valence-corrected chi connectivity index (χ3v) is 3.96. The molecule has 1 unspecified atom stereocenters. The molecule has 1 atom stereocenters. The van der Waals surface area contributed by atoms with Gasteiger partial charge in [0.25, 0.3) is 5.69 Å². The van der Waals surface area contributed by atoms with Crippen molar-refractivity contribution in [2.24, 2.45) is 10.2 Å². The maximum absolute atomic E-state index is 11.0. The van der Waals surface area contributed by atoms with E-state index in [1.807, 2.05) is 30.3 Å². The summed E-state index contributed by atoms with van der Waals surface area (Å²) in [5, 5.41) is 23.2. The van der Waals surface area contributed by atoms with E-state index in [2.05, 4.69) is 19.5 Å². The van der Waals surface area contributed by atoms with Crippen LogP contribution in [0.2, 0.25) is 0 Å². The molecule has 3 aromatic rings. The van der Waals surface area contributed by atoms with Crippen molar-refractivity contribution in [2.75, 3.05) is 5.73 Å². The van der Waals surface area contributed by atoms with E-state index >= 15 is 0 Å². The zero-order chi connectivity index (χ0) is 20.3. The van der Waals surface area contributed by atoms with Crippen molar-refractivity contribution in [2.45, 2.75) is 6.92 Å². The number of azo groups is 1. The molecule has 0 spiro atoms. The predicted octanol–water partition coefficient (Wildman–Crippen LogP) is 3.60. The lowest BCUT2D eigenvalue weighted by Crippen LogP contribution is -2.01. The third kappa shape index (κ3) is 4.02. The average molecular weight is 402 g/mol. The molecule has 11 nitrogen and oxygen atoms in total. The van der Waals surface area contributed by atoms with Crippen LogP contribution in [0.25, 0.3) is 5.69 Å². The first kappa shape index (κ1) is 19.1. The Morgan fingerprint density at radius 1 is 1.25 bits per heavy atom. The standard InChI is InChI=1S/C16H14N6O5S/c1-10-15(16(17)21(20-10)11-5-3-2-4-6-11)19-18-13-8-7-12(22(23)24)9-14(13)27-28(25)26/h2-9H,17H2,1H3,(H,25,26). The molecule has 0 saturated carbocycles. The van der Waals surface area contributed by atoms with Gasteiger partial charge in [-0.2, -0.15) is 9.31 Å². The molecule has 1 heterocycles. The highest BCUT2D eigenvalue weighted by atomic mass is 32.2. The number of hydrogen-bond acceptors (Lipinski definition) is 8. The lowest BCUT2D eigenvalue weighted by Gasteiger charge is -2.04. The molecule has 3 N–H and O–H groups in total. The molecule has 12 heteroatoms. The van der Waals surface area contributed by atoms with E-state index in [-0.39, 0.29) is 22.9 Å². The number of hydrogen-bond donors (Lipinski definition) is 2. The van der Waals surface area contributed by atoms with E-state index in [4.69, 9.17) is 10.3 Å². The Morgan fingerprint density at radius 3 is 2.61 bits per heavy atom. The van der Waals surface area contributed by atoms with E-state index in [0.717, 1.165) is 11.8 Å². The van der Waals surface area contributed by atoms with E-state index < -0.39 is 16.3 Å². The van der Waals surface area contributed by atoms with Crippen LogP contribution in [0.4, 0.5) is 22.9 Å². The van der Waals surface area contributed by atoms with E-state index in [0.29, 0.717) is 11.4 Å². The molecule has 2 aromatic carbocycles. The summed E-state index contributed by atoms with van der Waals surface area (Å²) in [4.78, 5) is 10.2. The number of aryl methyl sites for hydroxylation is 1. The number of non-ortho nitro benzene ring substituents is 1. The van der Waals surface area contributed by atoms with Crippen LogP contribution in [0.1, 0.15) is 5.69 Å². The Bertz CT molecular complexity index is 1080. The Hall–Kier alpha value is -3.64. The fourth-order valence-corrected chi connectivity index (χ4v) is 2.66. The van der Waals surface area contributed by atoms with Crippen LogP contribution in [0.15, 0.2) is 58.8 Å². The van der Waals surface area contributed by atoms with Gasteiger partial charge < -0.3 is 9.92 Å². The number of nitrogen functional groups attached to an aromatic ring is 1. The summed E-state index contributed by atoms with van der Waals surface area (Å²) in [6.45, 7) is 1.69. The highest BCUT2D eigenvalue weighted by Crippen LogP contribution is 2.35. The molecule has 0 saturated heterocycles. The number of nitrogens with zero attached hydrogens (tertiary/aromatic N) is 5. The summed E-state index contributed by atoms with van der Waals surface area (Å²) < 4.78 is 26.1. The van der Waals surface area contributed by atoms with Crippen molar-refractivity contribution >= 4 is 34.2 Å².